The first-order valence-electron chi connectivity index (χ1n) is 6.94. The third kappa shape index (κ3) is 2.93. The zero-order valence-electron chi connectivity index (χ0n) is 12.0. The summed E-state index contributed by atoms with van der Waals surface area (Å²) < 4.78 is 5.53. The van der Waals surface area contributed by atoms with Gasteiger partial charge >= 0.3 is 0 Å². The number of hydrogen-bond donors (Lipinski definition) is 1. The summed E-state index contributed by atoms with van der Waals surface area (Å²) >= 11 is 0. The summed E-state index contributed by atoms with van der Waals surface area (Å²) in [5.74, 6) is 0. The molecule has 0 heterocycles. The highest BCUT2D eigenvalue weighted by atomic mass is 16.5. The summed E-state index contributed by atoms with van der Waals surface area (Å²) in [5.41, 5.74) is 5.59. The average molecular weight is 247 g/mol. The topological polar surface area (TPSA) is 21.3 Å². The van der Waals surface area contributed by atoms with E-state index in [0.29, 0.717) is 12.1 Å². The van der Waals surface area contributed by atoms with E-state index in [4.69, 9.17) is 4.74 Å². The van der Waals surface area contributed by atoms with Crippen molar-refractivity contribution in [3.63, 3.8) is 0 Å². The van der Waals surface area contributed by atoms with Crippen molar-refractivity contribution in [3.8, 4) is 0 Å². The molecule has 1 N–H and O–H groups in total. The van der Waals surface area contributed by atoms with E-state index in [-0.39, 0.29) is 0 Å². The predicted octanol–water partition coefficient (Wildman–Crippen LogP) is 3.27. The number of benzene rings is 1. The molecule has 1 aliphatic rings. The summed E-state index contributed by atoms with van der Waals surface area (Å²) in [5, 5.41) is 3.68. The molecular formula is C16H25NO. The number of aryl methyl sites for hydroxylation is 3. The molecule has 0 amide bonds. The van der Waals surface area contributed by atoms with Crippen LogP contribution in [0.15, 0.2) is 12.1 Å². The van der Waals surface area contributed by atoms with E-state index in [9.17, 15) is 0 Å². The quantitative estimate of drug-likeness (QED) is 0.881. The van der Waals surface area contributed by atoms with Crippen LogP contribution >= 0.6 is 0 Å². The molecule has 2 rings (SSSR count). The standard InChI is InChI=1S/C16H25NO/c1-11-8-12(2)14(13(3)9-11)10-17-15-6-5-7-16(15)18-4/h8-9,15-17H,5-7,10H2,1-4H3. The largest absolute Gasteiger partial charge is 0.380 e. The van der Waals surface area contributed by atoms with Crippen LogP contribution in [0.1, 0.15) is 41.5 Å². The fourth-order valence-electron chi connectivity index (χ4n) is 3.16. The van der Waals surface area contributed by atoms with Crippen molar-refractivity contribution in [1.29, 1.82) is 0 Å². The number of hydrogen-bond acceptors (Lipinski definition) is 2. The summed E-state index contributed by atoms with van der Waals surface area (Å²) in [7, 11) is 1.83. The molecule has 2 unspecified atom stereocenters. The van der Waals surface area contributed by atoms with Crippen molar-refractivity contribution in [2.75, 3.05) is 7.11 Å². The summed E-state index contributed by atoms with van der Waals surface area (Å²) in [4.78, 5) is 0. The molecule has 18 heavy (non-hydrogen) atoms. The first-order chi connectivity index (χ1) is 8.61. The van der Waals surface area contributed by atoms with Crippen LogP contribution in [-0.4, -0.2) is 19.3 Å². The number of nitrogens with one attached hydrogen (secondary N) is 1. The van der Waals surface area contributed by atoms with Crippen LogP contribution in [0.3, 0.4) is 0 Å². The third-order valence-corrected chi connectivity index (χ3v) is 4.14. The van der Waals surface area contributed by atoms with E-state index in [1.807, 2.05) is 7.11 Å². The smallest absolute Gasteiger partial charge is 0.0724 e. The number of ether oxygens (including phenoxy) is 1. The molecule has 0 saturated heterocycles. The Morgan fingerprint density at radius 2 is 1.83 bits per heavy atom. The van der Waals surface area contributed by atoms with Gasteiger partial charge in [0, 0.05) is 19.7 Å². The minimum absolute atomic E-state index is 0.399. The molecule has 1 aliphatic carbocycles. The van der Waals surface area contributed by atoms with Crippen molar-refractivity contribution in [2.24, 2.45) is 0 Å². The molecule has 0 spiro atoms. The molecule has 1 aromatic rings. The minimum atomic E-state index is 0.399. The van der Waals surface area contributed by atoms with Gasteiger partial charge in [-0.2, -0.15) is 0 Å². The lowest BCUT2D eigenvalue weighted by Crippen LogP contribution is -2.36. The van der Waals surface area contributed by atoms with E-state index < -0.39 is 0 Å². The van der Waals surface area contributed by atoms with Crippen molar-refractivity contribution in [2.45, 2.75) is 58.7 Å². The molecule has 1 aromatic carbocycles. The molecule has 2 atom stereocenters. The Labute approximate surface area is 111 Å². The van der Waals surface area contributed by atoms with E-state index in [2.05, 4.69) is 38.2 Å². The Morgan fingerprint density at radius 3 is 2.44 bits per heavy atom. The molecule has 2 heteroatoms. The highest BCUT2D eigenvalue weighted by Crippen LogP contribution is 2.23. The average Bonchev–Trinajstić information content (AvgIpc) is 2.75. The maximum atomic E-state index is 5.53. The molecule has 0 bridgehead atoms. The highest BCUT2D eigenvalue weighted by molar-refractivity contribution is 5.37. The van der Waals surface area contributed by atoms with Crippen LogP contribution in [0.5, 0.6) is 0 Å². The van der Waals surface area contributed by atoms with Crippen LogP contribution in [0.25, 0.3) is 0 Å². The summed E-state index contributed by atoms with van der Waals surface area (Å²) in [6.07, 6.45) is 4.11. The predicted molar refractivity (Wildman–Crippen MR) is 75.9 cm³/mol. The van der Waals surface area contributed by atoms with Gasteiger partial charge in [0.15, 0.2) is 0 Å². The van der Waals surface area contributed by atoms with Gasteiger partial charge in [-0.25, -0.2) is 0 Å². The Hall–Kier alpha value is -0.860. The lowest BCUT2D eigenvalue weighted by Gasteiger charge is -2.21. The molecule has 1 fully saturated rings. The van der Waals surface area contributed by atoms with Gasteiger partial charge in [0.2, 0.25) is 0 Å². The minimum Gasteiger partial charge on any atom is -0.380 e. The van der Waals surface area contributed by atoms with Crippen molar-refractivity contribution < 1.29 is 4.74 Å². The number of methoxy groups -OCH3 is 1. The maximum Gasteiger partial charge on any atom is 0.0724 e. The second kappa shape index (κ2) is 5.85. The molecule has 2 nitrogen and oxygen atoms in total. The first-order valence-corrected chi connectivity index (χ1v) is 6.94. The third-order valence-electron chi connectivity index (χ3n) is 4.14. The fourth-order valence-corrected chi connectivity index (χ4v) is 3.16. The van der Waals surface area contributed by atoms with Gasteiger partial charge in [-0.05, 0) is 56.7 Å². The van der Waals surface area contributed by atoms with Gasteiger partial charge in [-0.1, -0.05) is 17.7 Å². The summed E-state index contributed by atoms with van der Waals surface area (Å²) in [6.45, 7) is 7.54. The second-order valence-corrected chi connectivity index (χ2v) is 5.57. The van der Waals surface area contributed by atoms with E-state index in [0.717, 1.165) is 6.54 Å². The second-order valence-electron chi connectivity index (χ2n) is 5.57. The lowest BCUT2D eigenvalue weighted by atomic mass is 9.99. The van der Waals surface area contributed by atoms with Crippen LogP contribution in [0, 0.1) is 20.8 Å². The van der Waals surface area contributed by atoms with Gasteiger partial charge < -0.3 is 10.1 Å². The lowest BCUT2D eigenvalue weighted by molar-refractivity contribution is 0.0847. The monoisotopic (exact) mass is 247 g/mol. The Balaban J connectivity index is 2.02. The molecule has 0 radical (unpaired) electrons. The van der Waals surface area contributed by atoms with Gasteiger partial charge in [-0.15, -0.1) is 0 Å². The van der Waals surface area contributed by atoms with Gasteiger partial charge in [0.25, 0.3) is 0 Å². The maximum absolute atomic E-state index is 5.53. The van der Waals surface area contributed by atoms with Crippen molar-refractivity contribution in [3.05, 3.63) is 34.4 Å². The zero-order valence-corrected chi connectivity index (χ0v) is 12.0. The van der Waals surface area contributed by atoms with E-state index >= 15 is 0 Å². The number of rotatable bonds is 4. The molecule has 0 aromatic heterocycles. The first kappa shape index (κ1) is 13.6. The van der Waals surface area contributed by atoms with Crippen LogP contribution < -0.4 is 5.32 Å². The van der Waals surface area contributed by atoms with Crippen molar-refractivity contribution >= 4 is 0 Å². The van der Waals surface area contributed by atoms with Gasteiger partial charge in [-0.3, -0.25) is 0 Å². The van der Waals surface area contributed by atoms with Crippen LogP contribution in [0.2, 0.25) is 0 Å². The highest BCUT2D eigenvalue weighted by Gasteiger charge is 2.26. The molecule has 0 aliphatic heterocycles. The molecule has 1 saturated carbocycles. The molecule has 100 valence electrons. The molecular weight excluding hydrogens is 222 g/mol. The zero-order chi connectivity index (χ0) is 13.1. The van der Waals surface area contributed by atoms with Crippen LogP contribution in [0.4, 0.5) is 0 Å². The Kier molecular flexibility index (Phi) is 4.41. The fraction of sp³-hybridized carbons (Fsp3) is 0.625. The SMILES string of the molecule is COC1CCCC1NCc1c(C)cc(C)cc1C. The Morgan fingerprint density at radius 1 is 1.17 bits per heavy atom. The van der Waals surface area contributed by atoms with Gasteiger partial charge in [0.05, 0.1) is 6.10 Å². The Bertz CT molecular complexity index is 391. The van der Waals surface area contributed by atoms with E-state index in [1.165, 1.54) is 41.5 Å². The van der Waals surface area contributed by atoms with Crippen LogP contribution in [-0.2, 0) is 11.3 Å². The normalized spacial score (nSPS) is 23.6. The van der Waals surface area contributed by atoms with Crippen molar-refractivity contribution in [1.82, 2.24) is 5.32 Å². The van der Waals surface area contributed by atoms with E-state index in [1.54, 1.807) is 0 Å². The summed E-state index contributed by atoms with van der Waals surface area (Å²) in [6, 6.07) is 5.06. The van der Waals surface area contributed by atoms with Gasteiger partial charge in [0.1, 0.15) is 0 Å².